The lowest BCUT2D eigenvalue weighted by atomic mass is 9.97. The summed E-state index contributed by atoms with van der Waals surface area (Å²) in [6.07, 6.45) is 5.08. The molecule has 128 valence electrons. The summed E-state index contributed by atoms with van der Waals surface area (Å²) >= 11 is 0. The predicted molar refractivity (Wildman–Crippen MR) is 87.0 cm³/mol. The van der Waals surface area contributed by atoms with E-state index in [1.54, 1.807) is 0 Å². The van der Waals surface area contributed by atoms with Crippen LogP contribution in [0, 0.1) is 5.92 Å². The van der Waals surface area contributed by atoms with Crippen LogP contribution in [0.5, 0.6) is 0 Å². The fraction of sp³-hybridized carbons (Fsp3) is 0.941. The standard InChI is InChI=1S/C17H32N2O3/c1-13-5-6-15(21-13)12-18-11-14-7-9-19(10-8-14)16(20)22-17(2,3)4/h13-15,18H,5-12H2,1-4H3. The van der Waals surface area contributed by atoms with Crippen molar-refractivity contribution in [2.45, 2.75) is 71.2 Å². The number of rotatable bonds is 4. The lowest BCUT2D eigenvalue weighted by Crippen LogP contribution is -2.43. The number of ether oxygens (including phenoxy) is 2. The zero-order chi connectivity index (χ0) is 16.2. The molecule has 2 atom stereocenters. The number of piperidine rings is 1. The van der Waals surface area contributed by atoms with Gasteiger partial charge in [0.15, 0.2) is 0 Å². The van der Waals surface area contributed by atoms with E-state index in [-0.39, 0.29) is 6.09 Å². The van der Waals surface area contributed by atoms with Crippen LogP contribution < -0.4 is 5.32 Å². The number of amides is 1. The van der Waals surface area contributed by atoms with E-state index in [1.165, 1.54) is 12.8 Å². The van der Waals surface area contributed by atoms with Crippen LogP contribution in [0.2, 0.25) is 0 Å². The molecule has 0 spiro atoms. The summed E-state index contributed by atoms with van der Waals surface area (Å²) in [5, 5.41) is 3.54. The Morgan fingerprint density at radius 3 is 2.41 bits per heavy atom. The Morgan fingerprint density at radius 1 is 1.18 bits per heavy atom. The fourth-order valence-electron chi connectivity index (χ4n) is 3.13. The van der Waals surface area contributed by atoms with Crippen LogP contribution in [0.3, 0.4) is 0 Å². The highest BCUT2D eigenvalue weighted by Crippen LogP contribution is 2.20. The molecule has 22 heavy (non-hydrogen) atoms. The number of likely N-dealkylation sites (tertiary alicyclic amines) is 1. The van der Waals surface area contributed by atoms with Gasteiger partial charge in [-0.3, -0.25) is 0 Å². The Hall–Kier alpha value is -0.810. The van der Waals surface area contributed by atoms with Crippen molar-refractivity contribution in [3.05, 3.63) is 0 Å². The van der Waals surface area contributed by atoms with Gasteiger partial charge in [-0.1, -0.05) is 0 Å². The van der Waals surface area contributed by atoms with Crippen molar-refractivity contribution in [2.24, 2.45) is 5.92 Å². The maximum absolute atomic E-state index is 12.0. The maximum Gasteiger partial charge on any atom is 0.410 e. The molecular weight excluding hydrogens is 280 g/mol. The van der Waals surface area contributed by atoms with Crippen molar-refractivity contribution in [3.8, 4) is 0 Å². The Bertz CT molecular complexity index is 359. The molecule has 0 saturated carbocycles. The highest BCUT2D eigenvalue weighted by Gasteiger charge is 2.27. The second-order valence-corrected chi connectivity index (χ2v) is 7.72. The van der Waals surface area contributed by atoms with Crippen molar-refractivity contribution in [3.63, 3.8) is 0 Å². The van der Waals surface area contributed by atoms with Gasteiger partial charge in [-0.2, -0.15) is 0 Å². The number of nitrogens with zero attached hydrogens (tertiary/aromatic N) is 1. The number of carbonyl (C=O) groups excluding carboxylic acids is 1. The predicted octanol–water partition coefficient (Wildman–Crippen LogP) is 2.79. The highest BCUT2D eigenvalue weighted by molar-refractivity contribution is 5.68. The molecule has 0 aromatic carbocycles. The first kappa shape index (κ1) is 17.5. The summed E-state index contributed by atoms with van der Waals surface area (Å²) in [4.78, 5) is 13.8. The first-order chi connectivity index (χ1) is 10.3. The van der Waals surface area contributed by atoms with E-state index >= 15 is 0 Å². The van der Waals surface area contributed by atoms with Crippen LogP contribution in [0.4, 0.5) is 4.79 Å². The summed E-state index contributed by atoms with van der Waals surface area (Å²) in [5.41, 5.74) is -0.409. The van der Waals surface area contributed by atoms with Crippen molar-refractivity contribution >= 4 is 6.09 Å². The van der Waals surface area contributed by atoms with E-state index < -0.39 is 5.60 Å². The lowest BCUT2D eigenvalue weighted by Gasteiger charge is -2.33. The normalized spacial score (nSPS) is 27.2. The molecule has 2 fully saturated rings. The quantitative estimate of drug-likeness (QED) is 0.867. The molecule has 2 saturated heterocycles. The molecule has 2 unspecified atom stereocenters. The Morgan fingerprint density at radius 2 is 1.86 bits per heavy atom. The first-order valence-corrected chi connectivity index (χ1v) is 8.67. The molecule has 1 N–H and O–H groups in total. The largest absolute Gasteiger partial charge is 0.444 e. The van der Waals surface area contributed by atoms with Gasteiger partial charge in [0.2, 0.25) is 0 Å². The molecule has 0 aromatic rings. The molecule has 5 heteroatoms. The molecule has 2 heterocycles. The average Bonchev–Trinajstić information content (AvgIpc) is 2.83. The lowest BCUT2D eigenvalue weighted by molar-refractivity contribution is 0.0182. The molecule has 5 nitrogen and oxygen atoms in total. The topological polar surface area (TPSA) is 50.8 Å². The van der Waals surface area contributed by atoms with Gasteiger partial charge < -0.3 is 19.7 Å². The molecule has 2 aliphatic heterocycles. The average molecular weight is 312 g/mol. The first-order valence-electron chi connectivity index (χ1n) is 8.67. The molecule has 2 rings (SSSR count). The van der Waals surface area contributed by atoms with Gasteiger partial charge in [0.05, 0.1) is 12.2 Å². The van der Waals surface area contributed by atoms with E-state index in [1.807, 2.05) is 25.7 Å². The van der Waals surface area contributed by atoms with Crippen LogP contribution in [-0.2, 0) is 9.47 Å². The van der Waals surface area contributed by atoms with E-state index in [2.05, 4.69) is 12.2 Å². The summed E-state index contributed by atoms with van der Waals surface area (Å²) in [6.45, 7) is 11.5. The molecular formula is C17H32N2O3. The van der Waals surface area contributed by atoms with Crippen LogP contribution in [0.1, 0.15) is 53.4 Å². The minimum absolute atomic E-state index is 0.174. The smallest absolute Gasteiger partial charge is 0.410 e. The van der Waals surface area contributed by atoms with Crippen molar-refractivity contribution < 1.29 is 14.3 Å². The summed E-state index contributed by atoms with van der Waals surface area (Å²) in [7, 11) is 0. The van der Waals surface area contributed by atoms with Gasteiger partial charge in [-0.25, -0.2) is 4.79 Å². The van der Waals surface area contributed by atoms with Crippen LogP contribution >= 0.6 is 0 Å². The molecule has 1 amide bonds. The Kier molecular flexibility index (Phi) is 6.09. The maximum atomic E-state index is 12.0. The van der Waals surface area contributed by atoms with Gasteiger partial charge in [0.25, 0.3) is 0 Å². The minimum Gasteiger partial charge on any atom is -0.444 e. The van der Waals surface area contributed by atoms with Gasteiger partial charge in [-0.15, -0.1) is 0 Å². The van der Waals surface area contributed by atoms with E-state index in [4.69, 9.17) is 9.47 Å². The number of hydrogen-bond acceptors (Lipinski definition) is 4. The van der Waals surface area contributed by atoms with Crippen molar-refractivity contribution in [2.75, 3.05) is 26.2 Å². The molecule has 2 aliphatic rings. The van der Waals surface area contributed by atoms with Crippen LogP contribution in [0.15, 0.2) is 0 Å². The van der Waals surface area contributed by atoms with Gasteiger partial charge >= 0.3 is 6.09 Å². The number of nitrogens with one attached hydrogen (secondary N) is 1. The third kappa shape index (κ3) is 5.76. The SMILES string of the molecule is CC1CCC(CNCC2CCN(C(=O)OC(C)(C)C)CC2)O1. The minimum atomic E-state index is -0.409. The van der Waals surface area contributed by atoms with E-state index in [0.29, 0.717) is 18.1 Å². The van der Waals surface area contributed by atoms with Gasteiger partial charge in [0.1, 0.15) is 5.60 Å². The zero-order valence-corrected chi connectivity index (χ0v) is 14.6. The highest BCUT2D eigenvalue weighted by atomic mass is 16.6. The Balaban J connectivity index is 1.60. The van der Waals surface area contributed by atoms with E-state index in [0.717, 1.165) is 39.0 Å². The van der Waals surface area contributed by atoms with Crippen LogP contribution in [0.25, 0.3) is 0 Å². The Labute approximate surface area is 134 Å². The molecule has 0 aromatic heterocycles. The monoisotopic (exact) mass is 312 g/mol. The zero-order valence-electron chi connectivity index (χ0n) is 14.6. The summed E-state index contributed by atoms with van der Waals surface area (Å²) < 4.78 is 11.2. The number of carbonyl (C=O) groups is 1. The van der Waals surface area contributed by atoms with Crippen molar-refractivity contribution in [1.29, 1.82) is 0 Å². The molecule has 0 radical (unpaired) electrons. The summed E-state index contributed by atoms with van der Waals surface area (Å²) in [6, 6.07) is 0. The van der Waals surface area contributed by atoms with E-state index in [9.17, 15) is 4.79 Å². The van der Waals surface area contributed by atoms with Crippen LogP contribution in [-0.4, -0.2) is 55.0 Å². The second-order valence-electron chi connectivity index (χ2n) is 7.72. The third-order valence-electron chi connectivity index (χ3n) is 4.39. The van der Waals surface area contributed by atoms with Crippen molar-refractivity contribution in [1.82, 2.24) is 10.2 Å². The molecule has 0 aliphatic carbocycles. The summed E-state index contributed by atoms with van der Waals surface area (Å²) in [5.74, 6) is 0.650. The third-order valence-corrected chi connectivity index (χ3v) is 4.39. The number of hydrogen-bond donors (Lipinski definition) is 1. The second kappa shape index (κ2) is 7.64. The fourth-order valence-corrected chi connectivity index (χ4v) is 3.13. The molecule has 0 bridgehead atoms. The van der Waals surface area contributed by atoms with Gasteiger partial charge in [0, 0.05) is 19.6 Å². The van der Waals surface area contributed by atoms with Gasteiger partial charge in [-0.05, 0) is 65.8 Å².